The molecule has 63 heavy (non-hydrogen) atoms. The number of fused-ring (bicyclic) bond motifs is 2. The molecule has 0 spiro atoms. The third-order valence-electron chi connectivity index (χ3n) is 8.52. The molecule has 324 valence electrons. The molecule has 9 nitrogen and oxygen atoms in total. The van der Waals surface area contributed by atoms with Crippen LogP contribution in [0.2, 0.25) is 20.1 Å². The number of nitrogens with one attached hydrogen (secondary N) is 1. The Kier molecular flexibility index (Phi) is 16.0. The van der Waals surface area contributed by atoms with Crippen LogP contribution in [0.1, 0.15) is 38.7 Å². The fourth-order valence-electron chi connectivity index (χ4n) is 5.63. The smallest absolute Gasteiger partial charge is 0.417 e. The van der Waals surface area contributed by atoms with E-state index in [2.05, 4.69) is 25.3 Å². The molecule has 0 aliphatic rings. The maximum absolute atomic E-state index is 13.5. The van der Waals surface area contributed by atoms with E-state index in [1.54, 1.807) is 67.0 Å². The summed E-state index contributed by atoms with van der Waals surface area (Å²) in [6.45, 7) is 0. The number of aromatic hydroxyl groups is 2. The van der Waals surface area contributed by atoms with Crippen LogP contribution in [0, 0.1) is 0 Å². The summed E-state index contributed by atoms with van der Waals surface area (Å²) in [5.41, 5.74) is 4.80. The highest BCUT2D eigenvalue weighted by atomic mass is 35.5. The van der Waals surface area contributed by atoms with Gasteiger partial charge in [-0.25, -0.2) is 9.97 Å². The van der Waals surface area contributed by atoms with Gasteiger partial charge in [-0.05, 0) is 72.3 Å². The Bertz CT molecular complexity index is 2830. The van der Waals surface area contributed by atoms with Crippen LogP contribution < -0.4 is 11.1 Å². The molecule has 4 heterocycles. The van der Waals surface area contributed by atoms with Gasteiger partial charge < -0.3 is 21.3 Å². The summed E-state index contributed by atoms with van der Waals surface area (Å²) in [7, 11) is 0. The van der Waals surface area contributed by atoms with E-state index < -0.39 is 39.6 Å². The molecule has 5 N–H and O–H groups in total. The number of nitrogens with two attached hydrogens (primary N) is 1. The first-order chi connectivity index (χ1) is 29.8. The number of phenols is 2. The van der Waals surface area contributed by atoms with Crippen LogP contribution in [-0.2, 0) is 12.4 Å². The Hall–Kier alpha value is -6.39. The summed E-state index contributed by atoms with van der Waals surface area (Å²) in [4.78, 5) is 26.3. The molecular formula is C44H30Cl4F6N6O3. The quantitative estimate of drug-likeness (QED) is 0.0978. The van der Waals surface area contributed by atoms with Crippen molar-refractivity contribution in [1.29, 1.82) is 0 Å². The van der Waals surface area contributed by atoms with Gasteiger partial charge in [-0.15, -0.1) is 0 Å². The van der Waals surface area contributed by atoms with E-state index in [9.17, 15) is 41.4 Å². The van der Waals surface area contributed by atoms with Gasteiger partial charge in [0.2, 0.25) is 0 Å². The zero-order valence-electron chi connectivity index (χ0n) is 31.9. The van der Waals surface area contributed by atoms with Crippen molar-refractivity contribution in [3.05, 3.63) is 188 Å². The summed E-state index contributed by atoms with van der Waals surface area (Å²) in [5.74, 6) is 0.864. The van der Waals surface area contributed by atoms with Gasteiger partial charge in [0.15, 0.2) is 0 Å². The highest BCUT2D eigenvalue weighted by Crippen LogP contribution is 2.41. The number of pyridine rings is 4. The molecule has 0 radical (unpaired) electrons. The van der Waals surface area contributed by atoms with Gasteiger partial charge in [0.05, 0.1) is 27.2 Å². The van der Waals surface area contributed by atoms with Gasteiger partial charge in [-0.2, -0.15) is 26.3 Å². The SMILES string of the molecule is Nc1cc(Cl)ccn1.O=Cc1ccc(Cl)c(C(F)(F)F)c1.Oc1c(C(Nc2cc(Cl)ccn2)c2ccc(Cl)c(C(F)(F)F)c2)ccc2cccnc12.Oc1cccc2cccnc12. The lowest BCUT2D eigenvalue weighted by Gasteiger charge is -2.23. The van der Waals surface area contributed by atoms with E-state index in [4.69, 9.17) is 52.1 Å². The van der Waals surface area contributed by atoms with Crippen LogP contribution in [0.15, 0.2) is 140 Å². The average molecular weight is 947 g/mol. The van der Waals surface area contributed by atoms with Gasteiger partial charge >= 0.3 is 12.4 Å². The number of alkyl halides is 6. The van der Waals surface area contributed by atoms with Gasteiger partial charge in [-0.3, -0.25) is 14.8 Å². The molecule has 4 aromatic carbocycles. The van der Waals surface area contributed by atoms with E-state index in [0.717, 1.165) is 23.6 Å². The summed E-state index contributed by atoms with van der Waals surface area (Å²) in [5, 5.41) is 25.1. The number of aromatic nitrogens is 4. The summed E-state index contributed by atoms with van der Waals surface area (Å²) < 4.78 is 76.9. The molecule has 19 heteroatoms. The van der Waals surface area contributed by atoms with Gasteiger partial charge in [0.25, 0.3) is 0 Å². The lowest BCUT2D eigenvalue weighted by atomic mass is 9.95. The molecule has 8 rings (SSSR count). The van der Waals surface area contributed by atoms with Crippen molar-refractivity contribution < 1.29 is 41.4 Å². The molecule has 0 saturated carbocycles. The van der Waals surface area contributed by atoms with Gasteiger partial charge in [0, 0.05) is 56.7 Å². The zero-order valence-corrected chi connectivity index (χ0v) is 34.9. The molecule has 0 saturated heterocycles. The molecule has 0 aliphatic heterocycles. The molecule has 4 aromatic heterocycles. The molecule has 1 unspecified atom stereocenters. The first-order valence-corrected chi connectivity index (χ1v) is 19.4. The largest absolute Gasteiger partial charge is 0.506 e. The van der Waals surface area contributed by atoms with Crippen LogP contribution in [0.3, 0.4) is 0 Å². The van der Waals surface area contributed by atoms with Crippen molar-refractivity contribution in [2.45, 2.75) is 18.4 Å². The standard InChI is InChI=1S/C22H14Cl2F3N3O.C9H7NO.C8H4ClF3O.C5H5ClN2/c23-14-7-9-28-18(11-14)30-19(13-4-6-17(24)16(10-13)22(25,26)27)15-5-3-12-2-1-8-29-20(12)21(15)31;11-8-5-1-3-7-4-2-6-10-9(7)8;9-7-2-1-5(4-13)3-6(7)8(10,11)12;6-4-1-2-8-5(7)3-4/h1-11,19,31H,(H,28,30);1-6,11H;1-4H;1-3H,(H2,7,8). The molecule has 8 aromatic rings. The highest BCUT2D eigenvalue weighted by molar-refractivity contribution is 6.32. The van der Waals surface area contributed by atoms with Crippen LogP contribution in [-0.4, -0.2) is 36.4 Å². The van der Waals surface area contributed by atoms with Crippen molar-refractivity contribution in [3.63, 3.8) is 0 Å². The van der Waals surface area contributed by atoms with E-state index in [-0.39, 0.29) is 22.6 Å². The third-order valence-corrected chi connectivity index (χ3v) is 9.65. The predicted octanol–water partition coefficient (Wildman–Crippen LogP) is 13.3. The molecular weight excluding hydrogens is 916 g/mol. The van der Waals surface area contributed by atoms with Crippen molar-refractivity contribution in [1.82, 2.24) is 19.9 Å². The Morgan fingerprint density at radius 1 is 0.603 bits per heavy atom. The minimum absolute atomic E-state index is 0.0447. The Morgan fingerprint density at radius 2 is 1.17 bits per heavy atom. The topological polar surface area (TPSA) is 147 Å². The number of hydrogen-bond acceptors (Lipinski definition) is 9. The number of aldehydes is 1. The number of anilines is 2. The first-order valence-electron chi connectivity index (χ1n) is 17.9. The van der Waals surface area contributed by atoms with Crippen LogP contribution in [0.25, 0.3) is 21.8 Å². The molecule has 0 bridgehead atoms. The maximum atomic E-state index is 13.5. The highest BCUT2D eigenvalue weighted by Gasteiger charge is 2.35. The Balaban J connectivity index is 0.000000190. The van der Waals surface area contributed by atoms with Gasteiger partial charge in [0.1, 0.15) is 40.5 Å². The van der Waals surface area contributed by atoms with E-state index in [1.165, 1.54) is 36.7 Å². The zero-order chi connectivity index (χ0) is 45.9. The predicted molar refractivity (Wildman–Crippen MR) is 233 cm³/mol. The second-order valence-electron chi connectivity index (χ2n) is 12.9. The fourth-order valence-corrected chi connectivity index (χ4v) is 6.41. The number of hydrogen-bond donors (Lipinski definition) is 4. The summed E-state index contributed by atoms with van der Waals surface area (Å²) in [6.07, 6.45) is -2.59. The van der Waals surface area contributed by atoms with Crippen molar-refractivity contribution in [2.24, 2.45) is 0 Å². The number of rotatable bonds is 5. The number of para-hydroxylation sites is 1. The minimum Gasteiger partial charge on any atom is -0.506 e. The van der Waals surface area contributed by atoms with Crippen molar-refractivity contribution in [3.8, 4) is 11.5 Å². The maximum Gasteiger partial charge on any atom is 0.417 e. The second-order valence-corrected chi connectivity index (χ2v) is 14.5. The molecule has 1 atom stereocenters. The number of halogens is 10. The normalized spacial score (nSPS) is 11.5. The number of nitrogen functional groups attached to an aromatic ring is 1. The van der Waals surface area contributed by atoms with Crippen LogP contribution in [0.4, 0.5) is 38.0 Å². The van der Waals surface area contributed by atoms with E-state index >= 15 is 0 Å². The fraction of sp³-hybridized carbons (Fsp3) is 0.0682. The second kappa shape index (κ2) is 21.1. The number of benzene rings is 4. The monoisotopic (exact) mass is 944 g/mol. The summed E-state index contributed by atoms with van der Waals surface area (Å²) >= 11 is 22.6. The van der Waals surface area contributed by atoms with Crippen LogP contribution >= 0.6 is 46.4 Å². The van der Waals surface area contributed by atoms with Crippen molar-refractivity contribution in [2.75, 3.05) is 11.1 Å². The van der Waals surface area contributed by atoms with Gasteiger partial charge in [-0.1, -0.05) is 94.9 Å². The third kappa shape index (κ3) is 13.1. The van der Waals surface area contributed by atoms with E-state index in [1.807, 2.05) is 18.2 Å². The summed E-state index contributed by atoms with van der Waals surface area (Å²) in [6, 6.07) is 28.1. The number of phenolic OH excluding ortho intramolecular Hbond substituents is 2. The molecule has 0 amide bonds. The molecule has 0 fully saturated rings. The average Bonchev–Trinajstić information content (AvgIpc) is 3.24. The minimum atomic E-state index is -4.64. The lowest BCUT2D eigenvalue weighted by Crippen LogP contribution is -2.15. The number of nitrogens with zero attached hydrogens (tertiary/aromatic N) is 4. The Labute approximate surface area is 374 Å². The first kappa shape index (κ1) is 47.7. The Morgan fingerprint density at radius 3 is 1.75 bits per heavy atom. The number of carbonyl (C=O) groups is 1. The van der Waals surface area contributed by atoms with E-state index in [0.29, 0.717) is 50.0 Å². The molecule has 0 aliphatic carbocycles. The number of carbonyl (C=O) groups excluding carboxylic acids is 1. The van der Waals surface area contributed by atoms with Crippen molar-refractivity contribution >= 4 is 86.1 Å². The lowest BCUT2D eigenvalue weighted by molar-refractivity contribution is -0.138. The van der Waals surface area contributed by atoms with Crippen LogP contribution in [0.5, 0.6) is 11.5 Å².